The van der Waals surface area contributed by atoms with Crippen LogP contribution in [0.3, 0.4) is 0 Å². The highest BCUT2D eigenvalue weighted by atomic mass is 19.1. The van der Waals surface area contributed by atoms with E-state index in [1.807, 2.05) is 0 Å². The Morgan fingerprint density at radius 1 is 1.05 bits per heavy atom. The van der Waals surface area contributed by atoms with Crippen molar-refractivity contribution < 1.29 is 19.4 Å². The summed E-state index contributed by atoms with van der Waals surface area (Å²) in [4.78, 5) is 12.0. The number of ketones is 1. The van der Waals surface area contributed by atoms with Crippen molar-refractivity contribution in [2.45, 2.75) is 12.0 Å². The maximum absolute atomic E-state index is 12.9. The number of aliphatic hydroxyl groups excluding tert-OH is 1. The molecule has 19 heavy (non-hydrogen) atoms. The highest BCUT2D eigenvalue weighted by Gasteiger charge is 2.39. The van der Waals surface area contributed by atoms with Crippen LogP contribution in [0.15, 0.2) is 42.5 Å². The zero-order valence-electron chi connectivity index (χ0n) is 9.88. The molecule has 96 valence electrons. The lowest BCUT2D eigenvalue weighted by Crippen LogP contribution is -2.20. The molecule has 0 spiro atoms. The number of aromatic hydroxyl groups is 1. The molecule has 2 aromatic carbocycles. The van der Waals surface area contributed by atoms with Gasteiger partial charge in [0.2, 0.25) is 0 Å². The Morgan fingerprint density at radius 2 is 1.74 bits per heavy atom. The van der Waals surface area contributed by atoms with Gasteiger partial charge in [-0.3, -0.25) is 4.79 Å². The van der Waals surface area contributed by atoms with Gasteiger partial charge in [0.25, 0.3) is 0 Å². The van der Waals surface area contributed by atoms with Gasteiger partial charge in [-0.25, -0.2) is 4.39 Å². The molecule has 1 aliphatic rings. The maximum Gasteiger partial charge on any atom is 0.192 e. The van der Waals surface area contributed by atoms with E-state index >= 15 is 0 Å². The molecular formula is C15H11FO3. The zero-order chi connectivity index (χ0) is 13.6. The second-order valence-electron chi connectivity index (χ2n) is 4.61. The van der Waals surface area contributed by atoms with Crippen molar-refractivity contribution in [3.63, 3.8) is 0 Å². The molecule has 2 aromatic rings. The number of halogens is 1. The normalized spacial score (nSPS) is 21.5. The number of rotatable bonds is 1. The molecule has 0 amide bonds. The van der Waals surface area contributed by atoms with Gasteiger partial charge in [-0.1, -0.05) is 12.1 Å². The fourth-order valence-corrected chi connectivity index (χ4v) is 2.54. The zero-order valence-corrected chi connectivity index (χ0v) is 9.88. The summed E-state index contributed by atoms with van der Waals surface area (Å²) < 4.78 is 12.9. The highest BCUT2D eigenvalue weighted by Crippen LogP contribution is 2.39. The third-order valence-corrected chi connectivity index (χ3v) is 3.45. The summed E-state index contributed by atoms with van der Waals surface area (Å²) in [6.45, 7) is 0. The number of Topliss-reactive ketones (excluding diaryl/α,β-unsaturated/α-hetero) is 1. The number of hydrogen-bond acceptors (Lipinski definition) is 3. The largest absolute Gasteiger partial charge is 0.508 e. The minimum Gasteiger partial charge on any atom is -0.508 e. The van der Waals surface area contributed by atoms with E-state index in [-0.39, 0.29) is 17.3 Å². The van der Waals surface area contributed by atoms with Gasteiger partial charge in [0.1, 0.15) is 17.7 Å². The average molecular weight is 258 g/mol. The van der Waals surface area contributed by atoms with Gasteiger partial charge in [0, 0.05) is 11.5 Å². The van der Waals surface area contributed by atoms with E-state index in [0.29, 0.717) is 16.7 Å². The fourth-order valence-electron chi connectivity index (χ4n) is 2.54. The Labute approximate surface area is 108 Å². The number of aliphatic hydroxyl groups is 1. The lowest BCUT2D eigenvalue weighted by Gasteiger charge is -2.15. The molecule has 2 atom stereocenters. The second-order valence-corrected chi connectivity index (χ2v) is 4.61. The topological polar surface area (TPSA) is 57.5 Å². The van der Waals surface area contributed by atoms with Crippen LogP contribution in [0, 0.1) is 5.82 Å². The Balaban J connectivity index is 2.15. The number of carbonyl (C=O) groups excluding carboxylic acids is 1. The molecule has 0 heterocycles. The molecule has 0 radical (unpaired) electrons. The standard InChI is InChI=1S/C15H11FO3/c16-9-3-1-8(2-4-9)13-12-7-10(17)5-6-11(12)14(18)15(13)19/h1-7,13,15,17,19H. The van der Waals surface area contributed by atoms with Crippen LogP contribution in [0.4, 0.5) is 4.39 Å². The predicted molar refractivity (Wildman–Crippen MR) is 66.7 cm³/mol. The summed E-state index contributed by atoms with van der Waals surface area (Å²) in [6.07, 6.45) is -1.19. The van der Waals surface area contributed by atoms with Crippen molar-refractivity contribution in [1.29, 1.82) is 0 Å². The first-order valence-electron chi connectivity index (χ1n) is 5.88. The first-order valence-corrected chi connectivity index (χ1v) is 5.88. The number of phenolic OH excluding ortho intramolecular Hbond substituents is 1. The van der Waals surface area contributed by atoms with Crippen molar-refractivity contribution in [2.24, 2.45) is 0 Å². The molecule has 1 aliphatic carbocycles. The molecule has 0 aromatic heterocycles. The van der Waals surface area contributed by atoms with Gasteiger partial charge in [0.15, 0.2) is 5.78 Å². The Hall–Kier alpha value is -2.20. The minimum atomic E-state index is -1.19. The molecule has 0 saturated carbocycles. The van der Waals surface area contributed by atoms with Gasteiger partial charge in [0.05, 0.1) is 0 Å². The van der Waals surface area contributed by atoms with Crippen molar-refractivity contribution >= 4 is 5.78 Å². The molecule has 2 unspecified atom stereocenters. The third-order valence-electron chi connectivity index (χ3n) is 3.45. The average Bonchev–Trinajstić information content (AvgIpc) is 2.63. The van der Waals surface area contributed by atoms with Crippen LogP contribution in [0.2, 0.25) is 0 Å². The highest BCUT2D eigenvalue weighted by molar-refractivity contribution is 6.05. The summed E-state index contributed by atoms with van der Waals surface area (Å²) in [7, 11) is 0. The number of carbonyl (C=O) groups is 1. The van der Waals surface area contributed by atoms with Crippen LogP contribution in [0.1, 0.15) is 27.4 Å². The summed E-state index contributed by atoms with van der Waals surface area (Å²) >= 11 is 0. The Bertz CT molecular complexity index is 649. The summed E-state index contributed by atoms with van der Waals surface area (Å²) in [5.74, 6) is -1.27. The summed E-state index contributed by atoms with van der Waals surface area (Å²) in [6, 6.07) is 10.0. The van der Waals surface area contributed by atoms with E-state index in [9.17, 15) is 19.4 Å². The summed E-state index contributed by atoms with van der Waals surface area (Å²) in [5.41, 5.74) is 1.62. The first-order chi connectivity index (χ1) is 9.08. The van der Waals surface area contributed by atoms with Crippen molar-refractivity contribution in [1.82, 2.24) is 0 Å². The van der Waals surface area contributed by atoms with Crippen molar-refractivity contribution in [3.05, 3.63) is 65.0 Å². The Kier molecular flexibility index (Phi) is 2.61. The second kappa shape index (κ2) is 4.17. The van der Waals surface area contributed by atoms with E-state index < -0.39 is 12.0 Å². The van der Waals surface area contributed by atoms with Gasteiger partial charge in [-0.05, 0) is 41.5 Å². The lowest BCUT2D eigenvalue weighted by molar-refractivity contribution is 0.0754. The SMILES string of the molecule is O=C1c2ccc(O)cc2C(c2ccc(F)cc2)C1O. The number of phenols is 1. The van der Waals surface area contributed by atoms with Gasteiger partial charge >= 0.3 is 0 Å². The number of benzene rings is 2. The third kappa shape index (κ3) is 1.81. The van der Waals surface area contributed by atoms with E-state index in [4.69, 9.17) is 0 Å². The predicted octanol–water partition coefficient (Wildman–Crippen LogP) is 2.22. The summed E-state index contributed by atoms with van der Waals surface area (Å²) in [5, 5.41) is 19.6. The smallest absolute Gasteiger partial charge is 0.192 e. The monoisotopic (exact) mass is 258 g/mol. The lowest BCUT2D eigenvalue weighted by atomic mass is 9.91. The van der Waals surface area contributed by atoms with Crippen molar-refractivity contribution in [2.75, 3.05) is 0 Å². The van der Waals surface area contributed by atoms with Gasteiger partial charge in [-0.2, -0.15) is 0 Å². The molecule has 0 fully saturated rings. The number of fused-ring (bicyclic) bond motifs is 1. The van der Waals surface area contributed by atoms with Gasteiger partial charge in [-0.15, -0.1) is 0 Å². The molecule has 0 saturated heterocycles. The van der Waals surface area contributed by atoms with Crippen LogP contribution in [0.5, 0.6) is 5.75 Å². The first kappa shape index (κ1) is 11.9. The molecule has 0 bridgehead atoms. The molecule has 0 aliphatic heterocycles. The van der Waals surface area contributed by atoms with E-state index in [2.05, 4.69) is 0 Å². The fraction of sp³-hybridized carbons (Fsp3) is 0.133. The number of hydrogen-bond donors (Lipinski definition) is 2. The van der Waals surface area contributed by atoms with Crippen LogP contribution >= 0.6 is 0 Å². The van der Waals surface area contributed by atoms with Crippen LogP contribution in [0.25, 0.3) is 0 Å². The molecular weight excluding hydrogens is 247 g/mol. The van der Waals surface area contributed by atoms with Crippen LogP contribution in [-0.2, 0) is 0 Å². The van der Waals surface area contributed by atoms with E-state index in [0.717, 1.165) is 0 Å². The molecule has 3 rings (SSSR count). The molecule has 4 heteroatoms. The molecule has 2 N–H and O–H groups in total. The van der Waals surface area contributed by atoms with Crippen LogP contribution in [-0.4, -0.2) is 22.1 Å². The van der Waals surface area contributed by atoms with Gasteiger partial charge < -0.3 is 10.2 Å². The van der Waals surface area contributed by atoms with Crippen molar-refractivity contribution in [3.8, 4) is 5.75 Å². The quantitative estimate of drug-likeness (QED) is 0.824. The van der Waals surface area contributed by atoms with E-state index in [1.54, 1.807) is 0 Å². The molecule has 3 nitrogen and oxygen atoms in total. The maximum atomic E-state index is 12.9. The van der Waals surface area contributed by atoms with Crippen LogP contribution < -0.4 is 0 Å². The van der Waals surface area contributed by atoms with E-state index in [1.165, 1.54) is 42.5 Å². The Morgan fingerprint density at radius 3 is 2.42 bits per heavy atom. The minimum absolute atomic E-state index is 0.0350.